The molecule has 2 aliphatic rings. The van der Waals surface area contributed by atoms with Crippen LogP contribution in [0.25, 0.3) is 0 Å². The lowest BCUT2D eigenvalue weighted by Gasteiger charge is -2.25. The lowest BCUT2D eigenvalue weighted by molar-refractivity contribution is 0.401. The summed E-state index contributed by atoms with van der Waals surface area (Å²) in [6.45, 7) is 4.14. The first kappa shape index (κ1) is 8.29. The highest BCUT2D eigenvalue weighted by Crippen LogP contribution is 2.40. The van der Waals surface area contributed by atoms with E-state index in [2.05, 4.69) is 21.4 Å². The standard InChI is InChI=1S/C10H15N3O/c1-2-8(1)9-7-10(14-12-9)13-5-3-11-4-6-13/h7-8,11H,1-6H2. The van der Waals surface area contributed by atoms with E-state index >= 15 is 0 Å². The summed E-state index contributed by atoms with van der Waals surface area (Å²) in [7, 11) is 0. The van der Waals surface area contributed by atoms with E-state index in [1.54, 1.807) is 0 Å². The summed E-state index contributed by atoms with van der Waals surface area (Å²) in [6, 6.07) is 2.11. The highest BCUT2D eigenvalue weighted by atomic mass is 16.5. The van der Waals surface area contributed by atoms with Gasteiger partial charge in [-0.2, -0.15) is 0 Å². The molecular formula is C10H15N3O. The van der Waals surface area contributed by atoms with Crippen molar-refractivity contribution in [3.05, 3.63) is 11.8 Å². The van der Waals surface area contributed by atoms with E-state index in [1.807, 2.05) is 0 Å². The van der Waals surface area contributed by atoms with Crippen LogP contribution in [0.2, 0.25) is 0 Å². The molecule has 3 rings (SSSR count). The molecule has 0 unspecified atom stereocenters. The van der Waals surface area contributed by atoms with Gasteiger partial charge in [-0.15, -0.1) is 0 Å². The van der Waals surface area contributed by atoms with E-state index in [9.17, 15) is 0 Å². The van der Waals surface area contributed by atoms with Gasteiger partial charge in [0.1, 0.15) is 0 Å². The van der Waals surface area contributed by atoms with Gasteiger partial charge in [0.25, 0.3) is 0 Å². The van der Waals surface area contributed by atoms with Crippen molar-refractivity contribution in [3.63, 3.8) is 0 Å². The Hall–Kier alpha value is -1.03. The molecule has 4 nitrogen and oxygen atoms in total. The third-order valence-corrected chi connectivity index (χ3v) is 2.94. The first-order valence-corrected chi connectivity index (χ1v) is 5.36. The van der Waals surface area contributed by atoms with Crippen molar-refractivity contribution in [1.29, 1.82) is 0 Å². The fraction of sp³-hybridized carbons (Fsp3) is 0.700. The summed E-state index contributed by atoms with van der Waals surface area (Å²) in [5, 5.41) is 7.44. The molecule has 1 aromatic rings. The van der Waals surface area contributed by atoms with Gasteiger partial charge < -0.3 is 14.7 Å². The maximum Gasteiger partial charge on any atom is 0.227 e. The van der Waals surface area contributed by atoms with Crippen molar-refractivity contribution in [1.82, 2.24) is 10.5 Å². The van der Waals surface area contributed by atoms with Crippen molar-refractivity contribution in [2.75, 3.05) is 31.1 Å². The van der Waals surface area contributed by atoms with Gasteiger partial charge in [0.15, 0.2) is 0 Å². The molecule has 1 aliphatic carbocycles. The monoisotopic (exact) mass is 193 g/mol. The van der Waals surface area contributed by atoms with Gasteiger partial charge in [0.05, 0.1) is 5.69 Å². The molecule has 76 valence electrons. The van der Waals surface area contributed by atoms with E-state index in [0.717, 1.165) is 37.8 Å². The average molecular weight is 193 g/mol. The number of hydrogen-bond donors (Lipinski definition) is 1. The zero-order valence-corrected chi connectivity index (χ0v) is 8.20. The second-order valence-corrected chi connectivity index (χ2v) is 4.10. The van der Waals surface area contributed by atoms with Crippen LogP contribution >= 0.6 is 0 Å². The molecule has 2 fully saturated rings. The van der Waals surface area contributed by atoms with Crippen molar-refractivity contribution >= 4 is 5.88 Å². The highest BCUT2D eigenvalue weighted by Gasteiger charge is 2.28. The van der Waals surface area contributed by atoms with Crippen LogP contribution in [0.15, 0.2) is 10.6 Å². The molecule has 4 heteroatoms. The third kappa shape index (κ3) is 1.50. The maximum atomic E-state index is 5.35. The number of anilines is 1. The van der Waals surface area contributed by atoms with Crippen LogP contribution in [0, 0.1) is 0 Å². The van der Waals surface area contributed by atoms with Crippen LogP contribution < -0.4 is 10.2 Å². The fourth-order valence-corrected chi connectivity index (χ4v) is 1.88. The number of hydrogen-bond acceptors (Lipinski definition) is 4. The number of rotatable bonds is 2. The van der Waals surface area contributed by atoms with Crippen LogP contribution in [0.1, 0.15) is 24.5 Å². The second kappa shape index (κ2) is 3.28. The van der Waals surface area contributed by atoms with Crippen LogP contribution in [0.3, 0.4) is 0 Å². The van der Waals surface area contributed by atoms with E-state index < -0.39 is 0 Å². The van der Waals surface area contributed by atoms with Gasteiger partial charge >= 0.3 is 0 Å². The molecule has 2 heterocycles. The van der Waals surface area contributed by atoms with E-state index in [0.29, 0.717) is 5.92 Å². The fourth-order valence-electron chi connectivity index (χ4n) is 1.88. The van der Waals surface area contributed by atoms with E-state index in [1.165, 1.54) is 12.8 Å². The number of piperazine rings is 1. The summed E-state index contributed by atoms with van der Waals surface area (Å²) >= 11 is 0. The summed E-state index contributed by atoms with van der Waals surface area (Å²) in [6.07, 6.45) is 2.57. The van der Waals surface area contributed by atoms with E-state index in [-0.39, 0.29) is 0 Å². The average Bonchev–Trinajstić information content (AvgIpc) is 2.98. The molecule has 0 spiro atoms. The van der Waals surface area contributed by atoms with Crippen LogP contribution in [0.4, 0.5) is 5.88 Å². The molecular weight excluding hydrogens is 178 g/mol. The minimum absolute atomic E-state index is 0.690. The summed E-state index contributed by atoms with van der Waals surface area (Å²) in [5.41, 5.74) is 1.15. The number of nitrogens with zero attached hydrogens (tertiary/aromatic N) is 2. The first-order valence-electron chi connectivity index (χ1n) is 5.36. The normalized spacial score (nSPS) is 22.7. The predicted octanol–water partition coefficient (Wildman–Crippen LogP) is 0.962. The van der Waals surface area contributed by atoms with Gasteiger partial charge in [-0.3, -0.25) is 0 Å². The van der Waals surface area contributed by atoms with Crippen LogP contribution in [0.5, 0.6) is 0 Å². The van der Waals surface area contributed by atoms with Gasteiger partial charge in [0, 0.05) is 38.2 Å². The Labute approximate surface area is 83.2 Å². The SMILES string of the molecule is c1c(C2CC2)noc1N1CCNCC1. The molecule has 0 aromatic carbocycles. The second-order valence-electron chi connectivity index (χ2n) is 4.10. The molecule has 0 atom stereocenters. The van der Waals surface area contributed by atoms with Gasteiger partial charge in [-0.05, 0) is 12.8 Å². The Morgan fingerprint density at radius 2 is 2.14 bits per heavy atom. The van der Waals surface area contributed by atoms with E-state index in [4.69, 9.17) is 4.52 Å². The molecule has 1 aromatic heterocycles. The Balaban J connectivity index is 1.74. The lowest BCUT2D eigenvalue weighted by Crippen LogP contribution is -2.43. The lowest BCUT2D eigenvalue weighted by atomic mass is 10.3. The first-order chi connectivity index (χ1) is 6.93. The van der Waals surface area contributed by atoms with Crippen LogP contribution in [-0.2, 0) is 0 Å². The molecule has 0 amide bonds. The Morgan fingerprint density at radius 1 is 1.36 bits per heavy atom. The number of aromatic nitrogens is 1. The van der Waals surface area contributed by atoms with Crippen molar-refractivity contribution < 1.29 is 4.52 Å². The zero-order chi connectivity index (χ0) is 9.38. The zero-order valence-electron chi connectivity index (χ0n) is 8.20. The Kier molecular flexibility index (Phi) is 1.94. The van der Waals surface area contributed by atoms with Gasteiger partial charge in [-0.1, -0.05) is 5.16 Å². The molecule has 1 saturated heterocycles. The molecule has 0 radical (unpaired) electrons. The minimum atomic E-state index is 0.690. The van der Waals surface area contributed by atoms with Crippen molar-refractivity contribution in [2.24, 2.45) is 0 Å². The topological polar surface area (TPSA) is 41.3 Å². The highest BCUT2D eigenvalue weighted by molar-refractivity contribution is 5.38. The Morgan fingerprint density at radius 3 is 2.86 bits per heavy atom. The molecule has 1 saturated carbocycles. The van der Waals surface area contributed by atoms with Crippen LogP contribution in [-0.4, -0.2) is 31.3 Å². The molecule has 14 heavy (non-hydrogen) atoms. The summed E-state index contributed by atoms with van der Waals surface area (Å²) in [4.78, 5) is 2.26. The molecule has 1 aliphatic heterocycles. The summed E-state index contributed by atoms with van der Waals surface area (Å²) < 4.78 is 5.35. The third-order valence-electron chi connectivity index (χ3n) is 2.94. The quantitative estimate of drug-likeness (QED) is 0.759. The van der Waals surface area contributed by atoms with Crippen molar-refractivity contribution in [2.45, 2.75) is 18.8 Å². The smallest absolute Gasteiger partial charge is 0.227 e. The largest absolute Gasteiger partial charge is 0.338 e. The van der Waals surface area contributed by atoms with Gasteiger partial charge in [-0.25, -0.2) is 0 Å². The minimum Gasteiger partial charge on any atom is -0.338 e. The maximum absolute atomic E-state index is 5.35. The van der Waals surface area contributed by atoms with Crippen molar-refractivity contribution in [3.8, 4) is 0 Å². The molecule has 1 N–H and O–H groups in total. The number of nitrogens with one attached hydrogen (secondary N) is 1. The Bertz CT molecular complexity index is 313. The van der Waals surface area contributed by atoms with Gasteiger partial charge in [0.2, 0.25) is 5.88 Å². The predicted molar refractivity (Wildman–Crippen MR) is 53.6 cm³/mol. The summed E-state index contributed by atoms with van der Waals surface area (Å²) in [5.74, 6) is 1.64. The molecule has 0 bridgehead atoms.